The molecule has 0 spiro atoms. The minimum Gasteiger partial charge on any atom is -0.456 e. The number of furan rings is 2. The molecule has 0 bridgehead atoms. The first-order valence-electron chi connectivity index (χ1n) is 21.5. The number of hydrogen-bond donors (Lipinski definition) is 0. The van der Waals surface area contributed by atoms with E-state index in [1.165, 1.54) is 49.2 Å². The Bertz CT molecular complexity index is 3910. The molecule has 13 aromatic rings. The van der Waals surface area contributed by atoms with Crippen LogP contribution in [0, 0.1) is 0 Å². The van der Waals surface area contributed by atoms with Gasteiger partial charge in [0.2, 0.25) is 0 Å². The van der Waals surface area contributed by atoms with Crippen LogP contribution in [0.3, 0.4) is 0 Å². The third kappa shape index (κ3) is 5.67. The highest BCUT2D eigenvalue weighted by Gasteiger charge is 2.22. The van der Waals surface area contributed by atoms with Crippen LogP contribution in [0.25, 0.3) is 110 Å². The summed E-state index contributed by atoms with van der Waals surface area (Å²) in [6.07, 6.45) is 0. The van der Waals surface area contributed by atoms with Gasteiger partial charge in [-0.15, -0.1) is 0 Å². The third-order valence-electron chi connectivity index (χ3n) is 12.8. The Hall–Kier alpha value is -8.40. The molecule has 0 aliphatic rings. The van der Waals surface area contributed by atoms with E-state index in [0.717, 1.165) is 77.5 Å². The summed E-state index contributed by atoms with van der Waals surface area (Å²) in [5.74, 6) is 0. The summed E-state index contributed by atoms with van der Waals surface area (Å²) >= 11 is 0. The summed E-state index contributed by atoms with van der Waals surface area (Å²) in [7, 11) is 0. The van der Waals surface area contributed by atoms with Crippen LogP contribution < -0.4 is 4.90 Å². The fraction of sp³-hybridized carbons (Fsp3) is 0. The highest BCUT2D eigenvalue weighted by molar-refractivity contribution is 6.16. The fourth-order valence-electron chi connectivity index (χ4n) is 9.90. The molecule has 2 aromatic heterocycles. The maximum atomic E-state index is 7.02. The Kier molecular flexibility index (Phi) is 7.91. The molecule has 0 aliphatic carbocycles. The molecule has 11 aromatic carbocycles. The lowest BCUT2D eigenvalue weighted by Crippen LogP contribution is -2.10. The van der Waals surface area contributed by atoms with Gasteiger partial charge in [-0.25, -0.2) is 0 Å². The van der Waals surface area contributed by atoms with Gasteiger partial charge in [-0.05, 0) is 109 Å². The van der Waals surface area contributed by atoms with Crippen LogP contribution in [0.4, 0.5) is 17.1 Å². The number of benzene rings is 11. The van der Waals surface area contributed by atoms with Crippen molar-refractivity contribution in [3.8, 4) is 33.4 Å². The van der Waals surface area contributed by atoms with E-state index < -0.39 is 0 Å². The molecule has 0 saturated heterocycles. The predicted molar refractivity (Wildman–Crippen MR) is 265 cm³/mol. The van der Waals surface area contributed by atoms with Crippen molar-refractivity contribution < 1.29 is 8.83 Å². The second-order valence-electron chi connectivity index (χ2n) is 16.4. The maximum absolute atomic E-state index is 7.02. The minimum atomic E-state index is 0.848. The Morgan fingerprint density at radius 2 is 0.873 bits per heavy atom. The van der Waals surface area contributed by atoms with Crippen molar-refractivity contribution in [2.45, 2.75) is 0 Å². The minimum absolute atomic E-state index is 0.848. The van der Waals surface area contributed by atoms with Crippen molar-refractivity contribution in [3.63, 3.8) is 0 Å². The zero-order valence-electron chi connectivity index (χ0n) is 34.1. The second kappa shape index (κ2) is 14.1. The van der Waals surface area contributed by atoms with Gasteiger partial charge in [0, 0.05) is 38.5 Å². The van der Waals surface area contributed by atoms with Crippen LogP contribution in [-0.4, -0.2) is 0 Å². The van der Waals surface area contributed by atoms with E-state index in [-0.39, 0.29) is 0 Å². The number of anilines is 3. The highest BCUT2D eigenvalue weighted by Crippen LogP contribution is 2.46. The lowest BCUT2D eigenvalue weighted by atomic mass is 9.95. The van der Waals surface area contributed by atoms with Crippen LogP contribution in [0.2, 0.25) is 0 Å². The molecule has 3 heteroatoms. The van der Waals surface area contributed by atoms with Gasteiger partial charge in [0.1, 0.15) is 16.7 Å². The van der Waals surface area contributed by atoms with Crippen molar-refractivity contribution in [1.29, 1.82) is 0 Å². The Labute approximate surface area is 363 Å². The van der Waals surface area contributed by atoms with Gasteiger partial charge in [-0.2, -0.15) is 0 Å². The van der Waals surface area contributed by atoms with E-state index in [9.17, 15) is 0 Å². The average Bonchev–Trinajstić information content (AvgIpc) is 3.94. The van der Waals surface area contributed by atoms with Crippen LogP contribution in [0.5, 0.6) is 0 Å². The molecule has 0 amide bonds. The second-order valence-corrected chi connectivity index (χ2v) is 16.4. The van der Waals surface area contributed by atoms with Gasteiger partial charge < -0.3 is 13.7 Å². The Balaban J connectivity index is 0.970. The summed E-state index contributed by atoms with van der Waals surface area (Å²) < 4.78 is 13.3. The normalized spacial score (nSPS) is 11.8. The topological polar surface area (TPSA) is 29.5 Å². The Morgan fingerprint density at radius 1 is 0.286 bits per heavy atom. The fourth-order valence-corrected chi connectivity index (χ4v) is 9.90. The third-order valence-corrected chi connectivity index (χ3v) is 12.8. The SMILES string of the molecule is c1ccc(-c2cccc3c2oc2c(N(c4ccc(-c5cccc6ccccc56)cc4)c4ccc5c(ccc6cc(-c7cccc8oc9ccccc9c78)ccc65)c4)cccc23)cc1. The molecular formula is C60H37NO2. The molecule has 0 fully saturated rings. The van der Waals surface area contributed by atoms with Gasteiger partial charge in [-0.3, -0.25) is 0 Å². The van der Waals surface area contributed by atoms with Crippen molar-refractivity contribution in [2.24, 2.45) is 0 Å². The van der Waals surface area contributed by atoms with Crippen molar-refractivity contribution >= 4 is 93.3 Å². The van der Waals surface area contributed by atoms with Crippen LogP contribution in [0.15, 0.2) is 233 Å². The molecule has 0 aliphatic heterocycles. The number of fused-ring (bicyclic) bond motifs is 10. The van der Waals surface area contributed by atoms with Crippen molar-refractivity contribution in [2.75, 3.05) is 4.90 Å². The van der Waals surface area contributed by atoms with E-state index in [2.05, 4.69) is 217 Å². The summed E-state index contributed by atoms with van der Waals surface area (Å²) in [6.45, 7) is 0. The molecule has 0 unspecified atom stereocenters. The first-order valence-corrected chi connectivity index (χ1v) is 21.5. The van der Waals surface area contributed by atoms with Gasteiger partial charge in [-0.1, -0.05) is 176 Å². The van der Waals surface area contributed by atoms with Gasteiger partial charge in [0.25, 0.3) is 0 Å². The molecule has 0 atom stereocenters. The first kappa shape index (κ1) is 35.4. The smallest absolute Gasteiger partial charge is 0.159 e. The number of para-hydroxylation sites is 3. The van der Waals surface area contributed by atoms with Gasteiger partial charge >= 0.3 is 0 Å². The average molecular weight is 804 g/mol. The largest absolute Gasteiger partial charge is 0.456 e. The molecule has 0 radical (unpaired) electrons. The van der Waals surface area contributed by atoms with Crippen LogP contribution in [-0.2, 0) is 0 Å². The zero-order chi connectivity index (χ0) is 41.4. The summed E-state index contributed by atoms with van der Waals surface area (Å²) in [5.41, 5.74) is 13.6. The quantitative estimate of drug-likeness (QED) is 0.157. The monoisotopic (exact) mass is 803 g/mol. The molecule has 13 rings (SSSR count). The molecule has 0 N–H and O–H groups in total. The molecule has 63 heavy (non-hydrogen) atoms. The lowest BCUT2D eigenvalue weighted by molar-refractivity contribution is 0.669. The number of nitrogens with zero attached hydrogens (tertiary/aromatic N) is 1. The van der Waals surface area contributed by atoms with Crippen molar-refractivity contribution in [3.05, 3.63) is 224 Å². The van der Waals surface area contributed by atoms with E-state index in [0.29, 0.717) is 0 Å². The number of rotatable bonds is 6. The summed E-state index contributed by atoms with van der Waals surface area (Å²) in [5, 5.41) is 11.7. The zero-order valence-corrected chi connectivity index (χ0v) is 34.1. The summed E-state index contributed by atoms with van der Waals surface area (Å²) in [6, 6.07) is 80.4. The van der Waals surface area contributed by atoms with E-state index in [4.69, 9.17) is 8.83 Å². The molecule has 3 nitrogen and oxygen atoms in total. The van der Waals surface area contributed by atoms with Crippen LogP contribution in [0.1, 0.15) is 0 Å². The number of hydrogen-bond acceptors (Lipinski definition) is 3. The predicted octanol–water partition coefficient (Wildman–Crippen LogP) is 17.4. The van der Waals surface area contributed by atoms with E-state index >= 15 is 0 Å². The van der Waals surface area contributed by atoms with Gasteiger partial charge in [0.15, 0.2) is 5.58 Å². The molecule has 2 heterocycles. The standard InChI is InChI=1S/C60H37NO2/c1-2-12-39(13-3-1)51-20-9-21-52-53-22-10-23-55(60(53)63-59(51)52)61(44-31-28-40(29-32-44)47-18-8-15-38-14-4-5-16-46(38)47)45-33-35-49-43(37-45)27-26-41-36-42(30-34-48(41)49)50-19-11-25-57-58(50)54-17-6-7-24-56(54)62-57/h1-37H. The molecule has 0 saturated carbocycles. The van der Waals surface area contributed by atoms with E-state index in [1.807, 2.05) is 12.1 Å². The lowest BCUT2D eigenvalue weighted by Gasteiger charge is -2.26. The van der Waals surface area contributed by atoms with Crippen LogP contribution >= 0.6 is 0 Å². The highest BCUT2D eigenvalue weighted by atomic mass is 16.3. The van der Waals surface area contributed by atoms with Crippen molar-refractivity contribution in [1.82, 2.24) is 0 Å². The first-order chi connectivity index (χ1) is 31.2. The van der Waals surface area contributed by atoms with Gasteiger partial charge in [0.05, 0.1) is 5.69 Å². The molecular weight excluding hydrogens is 767 g/mol. The maximum Gasteiger partial charge on any atom is 0.159 e. The summed E-state index contributed by atoms with van der Waals surface area (Å²) in [4.78, 5) is 2.35. The van der Waals surface area contributed by atoms with E-state index in [1.54, 1.807) is 0 Å². The molecule has 294 valence electrons. The Morgan fingerprint density at radius 3 is 1.75 bits per heavy atom.